The smallest absolute Gasteiger partial charge is 0.305 e. The Balaban J connectivity index is 2.07. The van der Waals surface area contributed by atoms with Crippen LogP contribution in [0.4, 0.5) is 0 Å². The van der Waals surface area contributed by atoms with Gasteiger partial charge in [-0.05, 0) is 60.7 Å². The zero-order valence-electron chi connectivity index (χ0n) is 19.7. The largest absolute Gasteiger partial charge is 0.481 e. The summed E-state index contributed by atoms with van der Waals surface area (Å²) in [5.74, 6) is 0.201. The van der Waals surface area contributed by atoms with Crippen molar-refractivity contribution in [2.24, 2.45) is 0 Å². The minimum atomic E-state index is -0.868. The number of rotatable bonds is 8. The lowest BCUT2D eigenvalue weighted by Gasteiger charge is -2.28. The molecule has 7 nitrogen and oxygen atoms in total. The number of aliphatic carboxylic acids is 1. The molecule has 32 heavy (non-hydrogen) atoms. The molecule has 0 bridgehead atoms. The highest BCUT2D eigenvalue weighted by atomic mass is 16.4. The monoisotopic (exact) mass is 435 g/mol. The van der Waals surface area contributed by atoms with E-state index in [1.807, 2.05) is 52.0 Å². The van der Waals surface area contributed by atoms with Gasteiger partial charge in [-0.1, -0.05) is 67.9 Å². The van der Waals surface area contributed by atoms with Gasteiger partial charge in [0.1, 0.15) is 0 Å². The van der Waals surface area contributed by atoms with Gasteiger partial charge >= 0.3 is 5.97 Å². The van der Waals surface area contributed by atoms with Crippen LogP contribution in [0.3, 0.4) is 0 Å². The van der Waals surface area contributed by atoms with Gasteiger partial charge in [0, 0.05) is 6.04 Å². The van der Waals surface area contributed by atoms with Crippen molar-refractivity contribution < 1.29 is 9.90 Å². The predicted octanol–water partition coefficient (Wildman–Crippen LogP) is 4.75. The standard InChI is InChI=1S/C25H33N5O2/c1-16(2)18-11-13-20(14-12-18)23(24-27-28-29-30(24)25(4,5)6)26-21(15-22(31)32)19-9-7-17(3)8-10-19/h7-14,16,21,23,26H,15H2,1-6H3,(H,31,32). The summed E-state index contributed by atoms with van der Waals surface area (Å²) < 4.78 is 1.80. The number of aromatic nitrogens is 4. The Labute approximate surface area is 189 Å². The molecule has 0 fully saturated rings. The van der Waals surface area contributed by atoms with Gasteiger partial charge in [-0.15, -0.1) is 5.10 Å². The van der Waals surface area contributed by atoms with Gasteiger partial charge in [0.05, 0.1) is 18.0 Å². The maximum Gasteiger partial charge on any atom is 0.305 e. The summed E-state index contributed by atoms with van der Waals surface area (Å²) in [6.45, 7) is 12.5. The average molecular weight is 436 g/mol. The van der Waals surface area contributed by atoms with Crippen molar-refractivity contribution in [3.8, 4) is 0 Å². The van der Waals surface area contributed by atoms with Crippen LogP contribution in [-0.4, -0.2) is 31.3 Å². The molecule has 0 amide bonds. The summed E-state index contributed by atoms with van der Waals surface area (Å²) in [5.41, 5.74) is 3.93. The van der Waals surface area contributed by atoms with E-state index >= 15 is 0 Å². The van der Waals surface area contributed by atoms with Gasteiger partial charge in [-0.2, -0.15) is 0 Å². The van der Waals surface area contributed by atoms with E-state index in [9.17, 15) is 9.90 Å². The van der Waals surface area contributed by atoms with Gasteiger partial charge in [0.15, 0.2) is 5.82 Å². The molecule has 2 N–H and O–H groups in total. The third kappa shape index (κ3) is 5.59. The lowest BCUT2D eigenvalue weighted by Crippen LogP contribution is -2.34. The van der Waals surface area contributed by atoms with Crippen molar-refractivity contribution in [3.63, 3.8) is 0 Å². The number of carbonyl (C=O) groups is 1. The van der Waals surface area contributed by atoms with Crippen molar-refractivity contribution in [1.82, 2.24) is 25.5 Å². The Bertz CT molecular complexity index is 1030. The van der Waals surface area contributed by atoms with Crippen LogP contribution in [0.2, 0.25) is 0 Å². The van der Waals surface area contributed by atoms with Crippen LogP contribution < -0.4 is 5.32 Å². The highest BCUT2D eigenvalue weighted by Gasteiger charge is 2.30. The first kappa shape index (κ1) is 23.6. The molecule has 0 aliphatic rings. The predicted molar refractivity (Wildman–Crippen MR) is 124 cm³/mol. The SMILES string of the molecule is Cc1ccc(C(CC(=O)O)NC(c2ccc(C(C)C)cc2)c2nnnn2C(C)(C)C)cc1. The molecule has 0 spiro atoms. The highest BCUT2D eigenvalue weighted by molar-refractivity contribution is 5.68. The topological polar surface area (TPSA) is 92.9 Å². The first-order valence-electron chi connectivity index (χ1n) is 11.0. The molecule has 0 saturated carbocycles. The Morgan fingerprint density at radius 2 is 1.56 bits per heavy atom. The van der Waals surface area contributed by atoms with Crippen molar-refractivity contribution >= 4 is 5.97 Å². The molecule has 2 aromatic carbocycles. The van der Waals surface area contributed by atoms with Crippen LogP contribution in [0.5, 0.6) is 0 Å². The molecule has 1 heterocycles. The summed E-state index contributed by atoms with van der Waals surface area (Å²) in [6, 6.07) is 15.5. The van der Waals surface area contributed by atoms with E-state index in [2.05, 4.69) is 59.0 Å². The van der Waals surface area contributed by atoms with Crippen LogP contribution in [0.1, 0.15) is 87.1 Å². The van der Waals surface area contributed by atoms with Crippen LogP contribution >= 0.6 is 0 Å². The number of benzene rings is 2. The second-order valence-corrected chi connectivity index (χ2v) is 9.60. The Morgan fingerprint density at radius 3 is 2.09 bits per heavy atom. The fourth-order valence-electron chi connectivity index (χ4n) is 3.69. The molecule has 3 aromatic rings. The Hall–Kier alpha value is -3.06. The highest BCUT2D eigenvalue weighted by Crippen LogP contribution is 2.30. The fraction of sp³-hybridized carbons (Fsp3) is 0.440. The van der Waals surface area contributed by atoms with Crippen molar-refractivity contribution in [2.75, 3.05) is 0 Å². The molecule has 2 atom stereocenters. The van der Waals surface area contributed by atoms with E-state index in [0.717, 1.165) is 16.7 Å². The molecular weight excluding hydrogens is 402 g/mol. The maximum absolute atomic E-state index is 11.7. The number of aryl methyl sites for hydroxylation is 1. The van der Waals surface area contributed by atoms with Crippen molar-refractivity contribution in [2.45, 2.75) is 71.5 Å². The lowest BCUT2D eigenvalue weighted by molar-refractivity contribution is -0.137. The van der Waals surface area contributed by atoms with Crippen LogP contribution in [0.25, 0.3) is 0 Å². The molecule has 1 aromatic heterocycles. The number of nitrogens with one attached hydrogen (secondary N) is 1. The van der Waals surface area contributed by atoms with Gasteiger partial charge in [0.25, 0.3) is 0 Å². The third-order valence-electron chi connectivity index (χ3n) is 5.55. The summed E-state index contributed by atoms with van der Waals surface area (Å²) in [7, 11) is 0. The number of nitrogens with zero attached hydrogens (tertiary/aromatic N) is 4. The number of carboxylic acid groups (broad SMARTS) is 1. The molecule has 0 aliphatic heterocycles. The van der Waals surface area contributed by atoms with Gasteiger partial charge in [-0.3, -0.25) is 10.1 Å². The summed E-state index contributed by atoms with van der Waals surface area (Å²) >= 11 is 0. The van der Waals surface area contributed by atoms with Crippen molar-refractivity contribution in [3.05, 3.63) is 76.6 Å². The van der Waals surface area contributed by atoms with Gasteiger partial charge in [0.2, 0.25) is 0 Å². The maximum atomic E-state index is 11.7. The molecule has 2 unspecified atom stereocenters. The van der Waals surface area contributed by atoms with E-state index < -0.39 is 12.0 Å². The first-order valence-corrected chi connectivity index (χ1v) is 11.0. The molecule has 0 aliphatic carbocycles. The number of carboxylic acids is 1. The van der Waals surface area contributed by atoms with Crippen molar-refractivity contribution in [1.29, 1.82) is 0 Å². The van der Waals surface area contributed by atoms with E-state index in [-0.39, 0.29) is 18.0 Å². The quantitative estimate of drug-likeness (QED) is 0.530. The summed E-state index contributed by atoms with van der Waals surface area (Å²) in [6.07, 6.45) is -0.0548. The minimum Gasteiger partial charge on any atom is -0.481 e. The number of hydrogen-bond donors (Lipinski definition) is 2. The third-order valence-corrected chi connectivity index (χ3v) is 5.55. The fourth-order valence-corrected chi connectivity index (χ4v) is 3.69. The number of hydrogen-bond acceptors (Lipinski definition) is 5. The van der Waals surface area contributed by atoms with E-state index in [1.165, 1.54) is 5.56 Å². The molecule has 170 valence electrons. The first-order chi connectivity index (χ1) is 15.1. The lowest BCUT2D eigenvalue weighted by atomic mass is 9.96. The number of tetrazole rings is 1. The Kier molecular flexibility index (Phi) is 7.09. The zero-order valence-corrected chi connectivity index (χ0v) is 19.7. The van der Waals surface area contributed by atoms with Crippen LogP contribution in [0, 0.1) is 6.92 Å². The normalized spacial score (nSPS) is 13.8. The Morgan fingerprint density at radius 1 is 1.00 bits per heavy atom. The summed E-state index contributed by atoms with van der Waals surface area (Å²) in [4.78, 5) is 11.7. The molecule has 3 rings (SSSR count). The molecular formula is C25H33N5O2. The molecule has 0 radical (unpaired) electrons. The summed E-state index contributed by atoms with van der Waals surface area (Å²) in [5, 5.41) is 25.7. The second-order valence-electron chi connectivity index (χ2n) is 9.60. The average Bonchev–Trinajstić information content (AvgIpc) is 3.22. The van der Waals surface area contributed by atoms with E-state index in [4.69, 9.17) is 0 Å². The van der Waals surface area contributed by atoms with Gasteiger partial charge in [-0.25, -0.2) is 4.68 Å². The van der Waals surface area contributed by atoms with E-state index in [1.54, 1.807) is 4.68 Å². The second kappa shape index (κ2) is 9.61. The minimum absolute atomic E-state index is 0.0548. The van der Waals surface area contributed by atoms with Crippen LogP contribution in [-0.2, 0) is 10.3 Å². The molecule has 0 saturated heterocycles. The van der Waals surface area contributed by atoms with E-state index in [0.29, 0.717) is 11.7 Å². The van der Waals surface area contributed by atoms with Crippen LogP contribution in [0.15, 0.2) is 48.5 Å². The molecule has 7 heteroatoms. The zero-order chi connectivity index (χ0) is 23.5. The van der Waals surface area contributed by atoms with Gasteiger partial charge < -0.3 is 5.11 Å².